The number of methoxy groups -OCH3 is 1. The van der Waals surface area contributed by atoms with Crippen molar-refractivity contribution in [2.75, 3.05) is 26.9 Å². The Morgan fingerprint density at radius 2 is 2.04 bits per heavy atom. The van der Waals surface area contributed by atoms with Crippen LogP contribution in [0.2, 0.25) is 0 Å². The van der Waals surface area contributed by atoms with Gasteiger partial charge in [-0.15, -0.1) is 0 Å². The predicted octanol–water partition coefficient (Wildman–Crippen LogP) is 3.30. The molecule has 0 saturated carbocycles. The molecule has 1 aliphatic heterocycles. The fraction of sp³-hybridized carbons (Fsp3) is 0.353. The molecule has 0 atom stereocenters. The summed E-state index contributed by atoms with van der Waals surface area (Å²) in [6, 6.07) is 3.46. The SMILES string of the molecule is CCOC(=O)COc1c(I)cc(/C=C2/SC(=O)N(CC)C2=O)cc1OC. The van der Waals surface area contributed by atoms with Crippen molar-refractivity contribution in [2.45, 2.75) is 13.8 Å². The summed E-state index contributed by atoms with van der Waals surface area (Å²) in [4.78, 5) is 37.0. The highest BCUT2D eigenvalue weighted by Gasteiger charge is 2.33. The minimum absolute atomic E-state index is 0.227. The predicted molar refractivity (Wildman–Crippen MR) is 106 cm³/mol. The number of ether oxygens (including phenoxy) is 3. The Bertz CT molecular complexity index is 764. The highest BCUT2D eigenvalue weighted by Crippen LogP contribution is 2.37. The zero-order chi connectivity index (χ0) is 19.3. The van der Waals surface area contributed by atoms with Gasteiger partial charge in [-0.2, -0.15) is 0 Å². The number of carbonyl (C=O) groups excluding carboxylic acids is 3. The zero-order valence-corrected chi connectivity index (χ0v) is 17.5. The van der Waals surface area contributed by atoms with Crippen LogP contribution in [-0.4, -0.2) is 48.9 Å². The van der Waals surface area contributed by atoms with Gasteiger partial charge in [0.05, 0.1) is 22.2 Å². The van der Waals surface area contributed by atoms with E-state index in [2.05, 4.69) is 22.6 Å². The number of thioether (sulfide) groups is 1. The van der Waals surface area contributed by atoms with Crippen molar-refractivity contribution in [3.8, 4) is 11.5 Å². The Balaban J connectivity index is 2.26. The van der Waals surface area contributed by atoms with Crippen molar-refractivity contribution >= 4 is 57.5 Å². The minimum Gasteiger partial charge on any atom is -0.493 e. The van der Waals surface area contributed by atoms with E-state index >= 15 is 0 Å². The fourth-order valence-electron chi connectivity index (χ4n) is 2.22. The molecule has 0 spiro atoms. The summed E-state index contributed by atoms with van der Waals surface area (Å²) in [6.07, 6.45) is 1.64. The van der Waals surface area contributed by atoms with Gasteiger partial charge in [-0.1, -0.05) is 0 Å². The standard InChI is InChI=1S/C17H18INO6S/c1-4-19-16(21)13(26-17(19)22)8-10-6-11(18)15(12(7-10)23-3)25-9-14(20)24-5-2/h6-8H,4-5,9H2,1-3H3/b13-8+. The number of likely N-dealkylation sites (N-methyl/N-ethyl adjacent to an activating group) is 1. The second-order valence-electron chi connectivity index (χ2n) is 5.05. The second kappa shape index (κ2) is 9.26. The normalized spacial score (nSPS) is 15.5. The highest BCUT2D eigenvalue weighted by atomic mass is 127. The van der Waals surface area contributed by atoms with E-state index in [-0.39, 0.29) is 24.4 Å². The molecule has 9 heteroatoms. The molecule has 1 heterocycles. The molecule has 0 bridgehead atoms. The zero-order valence-electron chi connectivity index (χ0n) is 14.5. The summed E-state index contributed by atoms with van der Waals surface area (Å²) in [5.74, 6) is 0.0592. The third-order valence-corrected chi connectivity index (χ3v) is 5.09. The lowest BCUT2D eigenvalue weighted by molar-refractivity contribution is -0.145. The largest absolute Gasteiger partial charge is 0.493 e. The maximum absolute atomic E-state index is 12.2. The van der Waals surface area contributed by atoms with Crippen LogP contribution < -0.4 is 9.47 Å². The van der Waals surface area contributed by atoms with Crippen LogP contribution in [0.1, 0.15) is 19.4 Å². The lowest BCUT2D eigenvalue weighted by Gasteiger charge is -2.13. The van der Waals surface area contributed by atoms with E-state index in [9.17, 15) is 14.4 Å². The van der Waals surface area contributed by atoms with E-state index in [1.54, 1.807) is 32.1 Å². The summed E-state index contributed by atoms with van der Waals surface area (Å²) < 4.78 is 16.4. The Morgan fingerprint density at radius 3 is 2.62 bits per heavy atom. The number of hydrogen-bond donors (Lipinski definition) is 0. The van der Waals surface area contributed by atoms with Crippen molar-refractivity contribution in [1.82, 2.24) is 4.90 Å². The number of nitrogens with zero attached hydrogens (tertiary/aromatic N) is 1. The monoisotopic (exact) mass is 491 g/mol. The van der Waals surface area contributed by atoms with Gasteiger partial charge in [0.1, 0.15) is 0 Å². The Morgan fingerprint density at radius 1 is 1.31 bits per heavy atom. The van der Waals surface area contributed by atoms with Crippen molar-refractivity contribution in [3.05, 3.63) is 26.2 Å². The third kappa shape index (κ3) is 4.70. The van der Waals surface area contributed by atoms with E-state index in [0.29, 0.717) is 32.1 Å². The quantitative estimate of drug-likeness (QED) is 0.329. The lowest BCUT2D eigenvalue weighted by Crippen LogP contribution is -2.27. The van der Waals surface area contributed by atoms with Crippen LogP contribution in [0.3, 0.4) is 0 Å². The van der Waals surface area contributed by atoms with Crippen LogP contribution in [-0.2, 0) is 14.3 Å². The molecular weight excluding hydrogens is 473 g/mol. The van der Waals surface area contributed by atoms with Gasteiger partial charge in [0.25, 0.3) is 11.1 Å². The molecule has 26 heavy (non-hydrogen) atoms. The molecule has 2 rings (SSSR count). The number of esters is 1. The van der Waals surface area contributed by atoms with Gasteiger partial charge in [-0.25, -0.2) is 4.79 Å². The fourth-order valence-corrected chi connectivity index (χ4v) is 3.90. The summed E-state index contributed by atoms with van der Waals surface area (Å²) in [7, 11) is 1.48. The van der Waals surface area contributed by atoms with Crippen molar-refractivity contribution in [2.24, 2.45) is 0 Å². The van der Waals surface area contributed by atoms with Crippen LogP contribution in [0.15, 0.2) is 17.0 Å². The van der Waals surface area contributed by atoms with Crippen LogP contribution in [0, 0.1) is 3.57 Å². The Labute approximate surface area is 169 Å². The molecule has 1 aromatic carbocycles. The number of amides is 2. The first-order valence-electron chi connectivity index (χ1n) is 7.82. The average molecular weight is 491 g/mol. The number of hydrogen-bond acceptors (Lipinski definition) is 7. The second-order valence-corrected chi connectivity index (χ2v) is 7.21. The molecule has 0 aromatic heterocycles. The molecule has 2 amide bonds. The average Bonchev–Trinajstić information content (AvgIpc) is 2.86. The minimum atomic E-state index is -0.470. The van der Waals surface area contributed by atoms with E-state index in [0.717, 1.165) is 11.8 Å². The van der Waals surface area contributed by atoms with Crippen molar-refractivity contribution < 1.29 is 28.6 Å². The summed E-state index contributed by atoms with van der Waals surface area (Å²) in [5.41, 5.74) is 0.691. The smallest absolute Gasteiger partial charge is 0.344 e. The molecule has 0 N–H and O–H groups in total. The molecule has 140 valence electrons. The molecular formula is C17H18INO6S. The lowest BCUT2D eigenvalue weighted by atomic mass is 10.2. The van der Waals surface area contributed by atoms with E-state index in [4.69, 9.17) is 14.2 Å². The maximum atomic E-state index is 12.2. The number of imide groups is 1. The Kier molecular flexibility index (Phi) is 7.33. The van der Waals surface area contributed by atoms with Crippen LogP contribution in [0.25, 0.3) is 6.08 Å². The molecule has 1 aromatic rings. The topological polar surface area (TPSA) is 82.1 Å². The number of halogens is 1. The van der Waals surface area contributed by atoms with E-state index < -0.39 is 5.97 Å². The first-order valence-corrected chi connectivity index (χ1v) is 9.72. The molecule has 1 saturated heterocycles. The van der Waals surface area contributed by atoms with Crippen molar-refractivity contribution in [3.63, 3.8) is 0 Å². The summed E-state index contributed by atoms with van der Waals surface area (Å²) >= 11 is 2.96. The first-order chi connectivity index (χ1) is 12.4. The third-order valence-electron chi connectivity index (χ3n) is 3.38. The van der Waals surface area contributed by atoms with Crippen molar-refractivity contribution in [1.29, 1.82) is 0 Å². The molecule has 1 fully saturated rings. The molecule has 1 aliphatic rings. The highest BCUT2D eigenvalue weighted by molar-refractivity contribution is 14.1. The van der Waals surface area contributed by atoms with Gasteiger partial charge >= 0.3 is 5.97 Å². The molecule has 7 nitrogen and oxygen atoms in total. The maximum Gasteiger partial charge on any atom is 0.344 e. The van der Waals surface area contributed by atoms with Gasteiger partial charge in [-0.05, 0) is 72.0 Å². The Hall–Kier alpha value is -1.75. The summed E-state index contributed by atoms with van der Waals surface area (Å²) in [6.45, 7) is 3.86. The van der Waals surface area contributed by atoms with Crippen LogP contribution >= 0.6 is 34.4 Å². The number of rotatable bonds is 7. The van der Waals surface area contributed by atoms with Gasteiger partial charge in [0.2, 0.25) is 0 Å². The van der Waals surface area contributed by atoms with Gasteiger partial charge in [-0.3, -0.25) is 14.5 Å². The van der Waals surface area contributed by atoms with Gasteiger partial charge < -0.3 is 14.2 Å². The van der Waals surface area contributed by atoms with E-state index in [1.165, 1.54) is 12.0 Å². The van der Waals surface area contributed by atoms with Gasteiger partial charge in [0, 0.05) is 6.54 Å². The number of carbonyl (C=O) groups is 3. The number of benzene rings is 1. The van der Waals surface area contributed by atoms with E-state index in [1.807, 2.05) is 0 Å². The van der Waals surface area contributed by atoms with Crippen LogP contribution in [0.4, 0.5) is 4.79 Å². The van der Waals surface area contributed by atoms with Gasteiger partial charge in [0.15, 0.2) is 18.1 Å². The molecule has 0 unspecified atom stereocenters. The molecule has 0 radical (unpaired) electrons. The molecule has 0 aliphatic carbocycles. The summed E-state index contributed by atoms with van der Waals surface area (Å²) in [5, 5.41) is -0.278. The first kappa shape index (κ1) is 20.6. The van der Waals surface area contributed by atoms with Crippen LogP contribution in [0.5, 0.6) is 11.5 Å².